The van der Waals surface area contributed by atoms with Gasteiger partial charge in [-0.05, 0) is 34.9 Å². The number of likely N-dealkylation sites (tertiary alicyclic amines) is 1. The number of nitrogens with one attached hydrogen (secondary N) is 1. The van der Waals surface area contributed by atoms with E-state index < -0.39 is 0 Å². The monoisotopic (exact) mass is 452 g/mol. The minimum absolute atomic E-state index is 0.0617. The zero-order chi connectivity index (χ0) is 18.1. The van der Waals surface area contributed by atoms with E-state index in [1.807, 2.05) is 13.8 Å². The van der Waals surface area contributed by atoms with Crippen molar-refractivity contribution in [2.24, 2.45) is 11.8 Å². The summed E-state index contributed by atoms with van der Waals surface area (Å²) in [4.78, 5) is 47.6. The second-order valence-electron chi connectivity index (χ2n) is 6.11. The first-order chi connectivity index (χ1) is 11.3. The van der Waals surface area contributed by atoms with Crippen molar-refractivity contribution in [1.29, 1.82) is 0 Å². The number of carbonyl (C=O) groups is 4. The highest BCUT2D eigenvalue weighted by Gasteiger charge is 2.39. The number of amides is 3. The molecule has 136 valence electrons. The summed E-state index contributed by atoms with van der Waals surface area (Å²) in [6.45, 7) is 5.32. The van der Waals surface area contributed by atoms with Gasteiger partial charge in [-0.3, -0.25) is 24.1 Å². The zero-order valence-corrected chi connectivity index (χ0v) is 16.3. The van der Waals surface area contributed by atoms with Gasteiger partial charge in [-0.2, -0.15) is 0 Å². The van der Waals surface area contributed by atoms with Gasteiger partial charge in [0.25, 0.3) is 0 Å². The molecule has 0 aromatic carbocycles. The molecule has 7 nitrogen and oxygen atoms in total. The van der Waals surface area contributed by atoms with Gasteiger partial charge in [0, 0.05) is 44.9 Å². The van der Waals surface area contributed by atoms with Crippen LogP contribution in [0, 0.1) is 11.8 Å². The summed E-state index contributed by atoms with van der Waals surface area (Å²) >= 11 is 1.72. The molecule has 1 atom stereocenters. The molecule has 1 heterocycles. The topological polar surface area (TPSA) is 92.8 Å². The molecule has 1 rings (SSSR count). The smallest absolute Gasteiger partial charge is 0.233 e. The maximum atomic E-state index is 12.1. The normalized spacial score (nSPS) is 17.7. The number of ether oxygens (including phenoxy) is 1. The minimum atomic E-state index is -0.257. The summed E-state index contributed by atoms with van der Waals surface area (Å²) < 4.78 is 5.32. The Morgan fingerprint density at radius 1 is 1.29 bits per heavy atom. The second-order valence-corrected chi connectivity index (χ2v) is 7.31. The Labute approximate surface area is 156 Å². The highest BCUT2D eigenvalue weighted by atomic mass is 127. The predicted molar refractivity (Wildman–Crippen MR) is 96.4 cm³/mol. The van der Waals surface area contributed by atoms with Crippen molar-refractivity contribution in [3.05, 3.63) is 0 Å². The molecule has 0 bridgehead atoms. The molecule has 1 aliphatic rings. The van der Waals surface area contributed by atoms with Crippen LogP contribution in [-0.4, -0.2) is 52.7 Å². The molecule has 1 N–H and O–H groups in total. The number of hydrogen-bond donors (Lipinski definition) is 1. The number of nitrogens with zero attached hydrogens (tertiary/aromatic N) is 1. The average molecular weight is 452 g/mol. The molecule has 0 spiro atoms. The van der Waals surface area contributed by atoms with Gasteiger partial charge in [-0.25, -0.2) is 0 Å². The van der Waals surface area contributed by atoms with E-state index in [0.29, 0.717) is 32.6 Å². The molecule has 1 aliphatic heterocycles. The van der Waals surface area contributed by atoms with Gasteiger partial charge >= 0.3 is 0 Å². The molecular weight excluding hydrogens is 427 g/mol. The van der Waals surface area contributed by atoms with Gasteiger partial charge in [0.05, 0.1) is 6.61 Å². The first-order valence-electron chi connectivity index (χ1n) is 8.20. The quantitative estimate of drug-likeness (QED) is 0.221. The number of hydrogen-bond acceptors (Lipinski definition) is 5. The molecule has 0 radical (unpaired) electrons. The summed E-state index contributed by atoms with van der Waals surface area (Å²) in [6, 6.07) is 0. The molecule has 24 heavy (non-hydrogen) atoms. The van der Waals surface area contributed by atoms with Crippen LogP contribution in [0.25, 0.3) is 0 Å². The second kappa shape index (κ2) is 10.8. The Morgan fingerprint density at radius 3 is 2.58 bits per heavy atom. The van der Waals surface area contributed by atoms with Crippen LogP contribution >= 0.6 is 22.6 Å². The number of rotatable bonds is 11. The molecule has 3 amide bonds. The van der Waals surface area contributed by atoms with Crippen molar-refractivity contribution in [3.63, 3.8) is 0 Å². The van der Waals surface area contributed by atoms with Gasteiger partial charge in [-0.15, -0.1) is 0 Å². The molecule has 1 saturated heterocycles. The van der Waals surface area contributed by atoms with Crippen LogP contribution in [0.1, 0.15) is 39.5 Å². The molecule has 0 aromatic heterocycles. The van der Waals surface area contributed by atoms with Crippen LogP contribution in [-0.2, 0) is 23.9 Å². The third-order valence-corrected chi connectivity index (χ3v) is 4.42. The van der Waals surface area contributed by atoms with Crippen molar-refractivity contribution in [2.45, 2.75) is 39.5 Å². The van der Waals surface area contributed by atoms with E-state index >= 15 is 0 Å². The first-order valence-corrected chi connectivity index (χ1v) is 9.27. The number of carbonyl (C=O) groups excluding carboxylic acids is 4. The predicted octanol–water partition coefficient (Wildman–Crippen LogP) is 1.28. The lowest BCUT2D eigenvalue weighted by atomic mass is 9.94. The van der Waals surface area contributed by atoms with Gasteiger partial charge in [0.2, 0.25) is 17.7 Å². The maximum absolute atomic E-state index is 12.1. The SMILES string of the molecule is CC(C)[C@@H]1CC(=O)N(CCC(=O)NCCCOCCC(=O)I)C1=O. The van der Waals surface area contributed by atoms with Crippen LogP contribution in [0.5, 0.6) is 0 Å². The van der Waals surface area contributed by atoms with Gasteiger partial charge in [-0.1, -0.05) is 13.8 Å². The lowest BCUT2D eigenvalue weighted by Gasteiger charge is -2.16. The third kappa shape index (κ3) is 7.25. The summed E-state index contributed by atoms with van der Waals surface area (Å²) in [5, 5.41) is 2.73. The lowest BCUT2D eigenvalue weighted by Crippen LogP contribution is -2.36. The lowest BCUT2D eigenvalue weighted by molar-refractivity contribution is -0.140. The molecule has 0 unspecified atom stereocenters. The van der Waals surface area contributed by atoms with Gasteiger partial charge < -0.3 is 10.1 Å². The maximum Gasteiger partial charge on any atom is 0.233 e. The van der Waals surface area contributed by atoms with Crippen molar-refractivity contribution < 1.29 is 23.9 Å². The largest absolute Gasteiger partial charge is 0.381 e. The highest BCUT2D eigenvalue weighted by Crippen LogP contribution is 2.26. The Bertz CT molecular complexity index is 481. The Kier molecular flexibility index (Phi) is 9.42. The van der Waals surface area contributed by atoms with Crippen molar-refractivity contribution in [3.8, 4) is 0 Å². The van der Waals surface area contributed by atoms with Gasteiger partial charge in [0.15, 0.2) is 3.79 Å². The van der Waals surface area contributed by atoms with E-state index in [-0.39, 0.29) is 52.7 Å². The average Bonchev–Trinajstić information content (AvgIpc) is 2.79. The van der Waals surface area contributed by atoms with E-state index in [4.69, 9.17) is 4.74 Å². The number of imide groups is 1. The minimum Gasteiger partial charge on any atom is -0.381 e. The Balaban J connectivity index is 2.15. The fraction of sp³-hybridized carbons (Fsp3) is 0.750. The van der Waals surface area contributed by atoms with Crippen LogP contribution in [0.3, 0.4) is 0 Å². The first kappa shape index (κ1) is 21.0. The van der Waals surface area contributed by atoms with E-state index in [1.54, 1.807) is 22.6 Å². The van der Waals surface area contributed by atoms with E-state index in [9.17, 15) is 19.2 Å². The molecule has 0 aromatic rings. The van der Waals surface area contributed by atoms with E-state index in [2.05, 4.69) is 5.32 Å². The fourth-order valence-electron chi connectivity index (χ4n) is 2.42. The summed E-state index contributed by atoms with van der Waals surface area (Å²) in [7, 11) is 0. The fourth-order valence-corrected chi connectivity index (χ4v) is 2.64. The van der Waals surface area contributed by atoms with Crippen molar-refractivity contribution >= 4 is 44.1 Å². The van der Waals surface area contributed by atoms with Crippen molar-refractivity contribution in [2.75, 3.05) is 26.3 Å². The van der Waals surface area contributed by atoms with Crippen LogP contribution in [0.15, 0.2) is 0 Å². The summed E-state index contributed by atoms with van der Waals surface area (Å²) in [5.74, 6) is -0.674. The van der Waals surface area contributed by atoms with E-state index in [1.165, 1.54) is 4.90 Å². The zero-order valence-electron chi connectivity index (χ0n) is 14.2. The molecule has 0 saturated carbocycles. The molecule has 8 heteroatoms. The summed E-state index contributed by atoms with van der Waals surface area (Å²) in [6.07, 6.45) is 1.40. The Morgan fingerprint density at radius 2 is 2.00 bits per heavy atom. The molecular formula is C16H25IN2O5. The standard InChI is InChI=1S/C16H25IN2O5/c1-11(2)12-10-15(22)19(16(12)23)7-4-14(21)18-6-3-8-24-9-5-13(17)20/h11-12H,3-10H2,1-2H3,(H,18,21)/t12-/m0/s1. The molecule has 1 fully saturated rings. The van der Waals surface area contributed by atoms with Gasteiger partial charge in [0.1, 0.15) is 0 Å². The highest BCUT2D eigenvalue weighted by molar-refractivity contribution is 14.1. The molecule has 0 aliphatic carbocycles. The number of halogens is 1. The van der Waals surface area contributed by atoms with Crippen LogP contribution < -0.4 is 5.32 Å². The van der Waals surface area contributed by atoms with Crippen LogP contribution in [0.4, 0.5) is 0 Å². The summed E-state index contributed by atoms with van der Waals surface area (Å²) in [5.41, 5.74) is 0. The third-order valence-electron chi connectivity index (χ3n) is 3.88. The van der Waals surface area contributed by atoms with Crippen LogP contribution in [0.2, 0.25) is 0 Å². The van der Waals surface area contributed by atoms with E-state index in [0.717, 1.165) is 0 Å². The van der Waals surface area contributed by atoms with Crippen molar-refractivity contribution in [1.82, 2.24) is 10.2 Å². The Hall–Kier alpha value is -1.03.